The van der Waals surface area contributed by atoms with Crippen LogP contribution in [0, 0.1) is 12.7 Å². The summed E-state index contributed by atoms with van der Waals surface area (Å²) in [5, 5.41) is 0. The number of sulfonamides is 1. The highest BCUT2D eigenvalue weighted by atomic mass is 32.2. The fourth-order valence-electron chi connectivity index (χ4n) is 1.60. The number of carbonyl (C=O) groups is 1. The summed E-state index contributed by atoms with van der Waals surface area (Å²) in [6, 6.07) is 4.17. The average molecular weight is 330 g/mol. The van der Waals surface area contributed by atoms with Crippen LogP contribution in [0.3, 0.4) is 0 Å². The van der Waals surface area contributed by atoms with Gasteiger partial charge in [-0.15, -0.1) is 11.3 Å². The molecule has 0 bridgehead atoms. The summed E-state index contributed by atoms with van der Waals surface area (Å²) in [6.07, 6.45) is 0. The van der Waals surface area contributed by atoms with Crippen LogP contribution in [-0.2, 0) is 14.8 Å². The minimum absolute atomic E-state index is 0.165. The number of thiazole rings is 1. The van der Waals surface area contributed by atoms with Crippen LogP contribution in [0.4, 0.5) is 10.1 Å². The van der Waals surface area contributed by atoms with Crippen LogP contribution in [0.1, 0.15) is 16.1 Å². The SMILES string of the molecule is COC(=O)c1ncsc1S(=O)(=O)Nc1c(C)cccc1F. The van der Waals surface area contributed by atoms with E-state index in [-0.39, 0.29) is 15.6 Å². The van der Waals surface area contributed by atoms with E-state index in [0.717, 1.165) is 24.5 Å². The molecule has 0 radical (unpaired) electrons. The zero-order chi connectivity index (χ0) is 15.6. The second kappa shape index (κ2) is 5.78. The Hall–Kier alpha value is -2.00. The summed E-state index contributed by atoms with van der Waals surface area (Å²) in [5.74, 6) is -1.58. The number of carbonyl (C=O) groups excluding carboxylic acids is 1. The summed E-state index contributed by atoms with van der Waals surface area (Å²) < 4.78 is 44.6. The number of anilines is 1. The van der Waals surface area contributed by atoms with Gasteiger partial charge < -0.3 is 4.74 Å². The van der Waals surface area contributed by atoms with E-state index in [2.05, 4.69) is 14.4 Å². The van der Waals surface area contributed by atoms with Crippen LogP contribution in [-0.4, -0.2) is 26.5 Å². The fraction of sp³-hybridized carbons (Fsp3) is 0.167. The van der Waals surface area contributed by atoms with Crippen LogP contribution >= 0.6 is 11.3 Å². The lowest BCUT2D eigenvalue weighted by molar-refractivity contribution is 0.0590. The highest BCUT2D eigenvalue weighted by molar-refractivity contribution is 7.94. The van der Waals surface area contributed by atoms with Crippen LogP contribution in [0.2, 0.25) is 0 Å². The Kier molecular flexibility index (Phi) is 4.24. The molecule has 6 nitrogen and oxygen atoms in total. The molecule has 1 aromatic carbocycles. The first-order valence-electron chi connectivity index (χ1n) is 5.66. The van der Waals surface area contributed by atoms with Gasteiger partial charge in [0.15, 0.2) is 9.90 Å². The molecule has 0 saturated carbocycles. The molecule has 0 aliphatic carbocycles. The lowest BCUT2D eigenvalue weighted by Crippen LogP contribution is -2.17. The maximum Gasteiger partial charge on any atom is 0.358 e. The molecule has 0 saturated heterocycles. The van der Waals surface area contributed by atoms with Crippen molar-refractivity contribution >= 4 is 33.0 Å². The highest BCUT2D eigenvalue weighted by Crippen LogP contribution is 2.26. The standard InChI is InChI=1S/C12H11FN2O4S2/c1-7-4-3-5-8(13)9(7)15-21(17,18)12-10(11(16)19-2)14-6-20-12/h3-6,15H,1-2H3. The number of methoxy groups -OCH3 is 1. The monoisotopic (exact) mass is 330 g/mol. The van der Waals surface area contributed by atoms with E-state index in [1.54, 1.807) is 13.0 Å². The molecular formula is C12H11FN2O4S2. The zero-order valence-electron chi connectivity index (χ0n) is 11.1. The number of esters is 1. The van der Waals surface area contributed by atoms with Gasteiger partial charge in [0.25, 0.3) is 10.0 Å². The predicted molar refractivity (Wildman–Crippen MR) is 75.4 cm³/mol. The first-order valence-corrected chi connectivity index (χ1v) is 8.03. The summed E-state index contributed by atoms with van der Waals surface area (Å²) in [6.45, 7) is 1.56. The van der Waals surface area contributed by atoms with E-state index < -0.39 is 21.8 Å². The van der Waals surface area contributed by atoms with Crippen LogP contribution in [0.15, 0.2) is 27.9 Å². The molecular weight excluding hydrogens is 319 g/mol. The lowest BCUT2D eigenvalue weighted by atomic mass is 10.2. The molecule has 112 valence electrons. The number of hydrogen-bond donors (Lipinski definition) is 1. The number of nitrogens with one attached hydrogen (secondary N) is 1. The quantitative estimate of drug-likeness (QED) is 0.869. The molecule has 1 aromatic heterocycles. The second-order valence-electron chi connectivity index (χ2n) is 4.02. The molecule has 1 N–H and O–H groups in total. The second-order valence-corrected chi connectivity index (χ2v) is 6.75. The fourth-order valence-corrected chi connectivity index (χ4v) is 3.87. The molecule has 9 heteroatoms. The minimum Gasteiger partial charge on any atom is -0.464 e. The smallest absolute Gasteiger partial charge is 0.358 e. The third-order valence-corrected chi connectivity index (χ3v) is 5.34. The molecule has 0 atom stereocenters. The number of aryl methyl sites for hydroxylation is 1. The Morgan fingerprint density at radius 1 is 1.43 bits per heavy atom. The Bertz CT molecular complexity index is 766. The summed E-state index contributed by atoms with van der Waals surface area (Å²) in [4.78, 5) is 15.2. The van der Waals surface area contributed by atoms with Gasteiger partial charge in [-0.3, -0.25) is 4.72 Å². The van der Waals surface area contributed by atoms with Crippen molar-refractivity contribution in [2.75, 3.05) is 11.8 Å². The predicted octanol–water partition coefficient (Wildman–Crippen LogP) is 2.18. The number of para-hydroxylation sites is 1. The van der Waals surface area contributed by atoms with Crippen molar-refractivity contribution < 1.29 is 22.3 Å². The highest BCUT2D eigenvalue weighted by Gasteiger charge is 2.27. The van der Waals surface area contributed by atoms with Gasteiger partial charge in [-0.05, 0) is 18.6 Å². The third-order valence-electron chi connectivity index (χ3n) is 2.62. The Morgan fingerprint density at radius 3 is 2.76 bits per heavy atom. The maximum absolute atomic E-state index is 13.7. The largest absolute Gasteiger partial charge is 0.464 e. The Morgan fingerprint density at radius 2 is 2.14 bits per heavy atom. The lowest BCUT2D eigenvalue weighted by Gasteiger charge is -2.10. The molecule has 0 aliphatic heterocycles. The molecule has 0 amide bonds. The molecule has 0 unspecified atom stereocenters. The molecule has 0 aliphatic rings. The zero-order valence-corrected chi connectivity index (χ0v) is 12.7. The van der Waals surface area contributed by atoms with E-state index in [1.807, 2.05) is 0 Å². The maximum atomic E-state index is 13.7. The number of rotatable bonds is 4. The van der Waals surface area contributed by atoms with Crippen molar-refractivity contribution in [1.82, 2.24) is 4.98 Å². The Labute approximate surface area is 124 Å². The molecule has 21 heavy (non-hydrogen) atoms. The number of hydrogen-bond acceptors (Lipinski definition) is 6. The molecule has 2 rings (SSSR count). The average Bonchev–Trinajstić information content (AvgIpc) is 2.92. The summed E-state index contributed by atoms with van der Waals surface area (Å²) in [5.41, 5.74) is 1.13. The van der Waals surface area contributed by atoms with Gasteiger partial charge in [-0.25, -0.2) is 22.6 Å². The minimum atomic E-state index is -4.14. The van der Waals surface area contributed by atoms with E-state index in [0.29, 0.717) is 5.56 Å². The van der Waals surface area contributed by atoms with Gasteiger partial charge in [-0.2, -0.15) is 0 Å². The number of aromatic nitrogens is 1. The molecule has 2 aromatic rings. The van der Waals surface area contributed by atoms with Crippen molar-refractivity contribution in [2.24, 2.45) is 0 Å². The van der Waals surface area contributed by atoms with Gasteiger partial charge in [0.2, 0.25) is 0 Å². The first kappa shape index (κ1) is 15.4. The van der Waals surface area contributed by atoms with E-state index in [4.69, 9.17) is 0 Å². The summed E-state index contributed by atoms with van der Waals surface area (Å²) in [7, 11) is -3.02. The number of nitrogens with zero attached hydrogens (tertiary/aromatic N) is 1. The molecule has 0 fully saturated rings. The van der Waals surface area contributed by atoms with E-state index >= 15 is 0 Å². The van der Waals surface area contributed by atoms with Crippen molar-refractivity contribution in [3.8, 4) is 0 Å². The van der Waals surface area contributed by atoms with Crippen LogP contribution in [0.25, 0.3) is 0 Å². The van der Waals surface area contributed by atoms with Gasteiger partial charge >= 0.3 is 5.97 Å². The number of benzene rings is 1. The number of halogens is 1. The number of ether oxygens (including phenoxy) is 1. The Balaban J connectivity index is 2.45. The third kappa shape index (κ3) is 3.03. The van der Waals surface area contributed by atoms with Crippen molar-refractivity contribution in [3.05, 3.63) is 40.8 Å². The van der Waals surface area contributed by atoms with Gasteiger partial charge in [0.1, 0.15) is 5.82 Å². The van der Waals surface area contributed by atoms with Crippen molar-refractivity contribution in [3.63, 3.8) is 0 Å². The van der Waals surface area contributed by atoms with Gasteiger partial charge in [-0.1, -0.05) is 12.1 Å². The molecule has 1 heterocycles. The van der Waals surface area contributed by atoms with Crippen LogP contribution in [0.5, 0.6) is 0 Å². The summed E-state index contributed by atoms with van der Waals surface area (Å²) >= 11 is 0.746. The van der Waals surface area contributed by atoms with Crippen molar-refractivity contribution in [1.29, 1.82) is 0 Å². The normalized spacial score (nSPS) is 11.2. The van der Waals surface area contributed by atoms with E-state index in [1.165, 1.54) is 11.6 Å². The molecule has 0 spiro atoms. The van der Waals surface area contributed by atoms with Gasteiger partial charge in [0.05, 0.1) is 18.3 Å². The van der Waals surface area contributed by atoms with E-state index in [9.17, 15) is 17.6 Å². The van der Waals surface area contributed by atoms with Crippen LogP contribution < -0.4 is 4.72 Å². The topological polar surface area (TPSA) is 85.4 Å². The van der Waals surface area contributed by atoms with Crippen molar-refractivity contribution in [2.45, 2.75) is 11.1 Å². The first-order chi connectivity index (χ1) is 9.86. The van der Waals surface area contributed by atoms with Gasteiger partial charge in [0, 0.05) is 0 Å².